The second-order valence-electron chi connectivity index (χ2n) is 7.31. The molecule has 4 heteroatoms. The summed E-state index contributed by atoms with van der Waals surface area (Å²) in [7, 11) is 0. The summed E-state index contributed by atoms with van der Waals surface area (Å²) in [5.41, 5.74) is 11.8. The molecule has 0 unspecified atom stereocenters. The number of anilines is 1. The SMILES string of the molecule is C=Cc1cc(/C(C=N)=C(C)/C(C)=N/O)cc(N)c1CCCC.CC.CCCC.CCCC. The van der Waals surface area contributed by atoms with E-state index in [-0.39, 0.29) is 0 Å². The second-order valence-corrected chi connectivity index (χ2v) is 7.31. The Labute approximate surface area is 199 Å². The Morgan fingerprint density at radius 3 is 1.84 bits per heavy atom. The number of nitrogens with two attached hydrogens (primary N) is 1. The van der Waals surface area contributed by atoms with Gasteiger partial charge in [-0.3, -0.25) is 0 Å². The Morgan fingerprint density at radius 2 is 1.50 bits per heavy atom. The van der Waals surface area contributed by atoms with Crippen LogP contribution < -0.4 is 5.73 Å². The van der Waals surface area contributed by atoms with Gasteiger partial charge in [0.1, 0.15) is 0 Å². The van der Waals surface area contributed by atoms with Crippen LogP contribution in [0.5, 0.6) is 0 Å². The van der Waals surface area contributed by atoms with Gasteiger partial charge in [0.05, 0.1) is 5.71 Å². The molecule has 184 valence electrons. The molecule has 0 bridgehead atoms. The van der Waals surface area contributed by atoms with Crippen molar-refractivity contribution in [3.05, 3.63) is 41.0 Å². The third kappa shape index (κ3) is 13.8. The normalized spacial score (nSPS) is 10.8. The molecule has 0 amide bonds. The van der Waals surface area contributed by atoms with Crippen molar-refractivity contribution < 1.29 is 5.21 Å². The van der Waals surface area contributed by atoms with Crippen LogP contribution >= 0.6 is 0 Å². The van der Waals surface area contributed by atoms with E-state index in [2.05, 4.69) is 46.4 Å². The molecular formula is C28H51N3O. The van der Waals surface area contributed by atoms with Crippen LogP contribution in [-0.2, 0) is 6.42 Å². The number of nitrogen functional groups attached to an aromatic ring is 1. The van der Waals surface area contributed by atoms with Gasteiger partial charge in [-0.1, -0.05) is 98.4 Å². The lowest BCUT2D eigenvalue weighted by Gasteiger charge is -2.14. The standard InChI is InChI=1S/C18H25N3O.2C4H10.C2H6/c1-5-7-8-16-14(6-2)9-15(10-18(16)20)17(11-19)12(3)13(4)21-22;2*1-3-4-2;1-2/h6,9-11,19,22H,2,5,7-8,20H2,1,3-4H3;2*3-4H2,1-2H3;1-2H3/b17-12+,19-11?,21-13+;;;. The van der Waals surface area contributed by atoms with Crippen molar-refractivity contribution >= 4 is 29.3 Å². The lowest BCUT2D eigenvalue weighted by molar-refractivity contribution is 0.319. The first-order valence-electron chi connectivity index (χ1n) is 12.3. The molecular weight excluding hydrogens is 394 g/mol. The molecule has 0 saturated carbocycles. The van der Waals surface area contributed by atoms with Crippen LogP contribution in [0.15, 0.2) is 29.4 Å². The average molecular weight is 446 g/mol. The summed E-state index contributed by atoms with van der Waals surface area (Å²) in [6, 6.07) is 3.87. The predicted octanol–water partition coefficient (Wildman–Crippen LogP) is 9.17. The van der Waals surface area contributed by atoms with Crippen molar-refractivity contribution in [3.63, 3.8) is 0 Å². The molecule has 4 N–H and O–H groups in total. The summed E-state index contributed by atoms with van der Waals surface area (Å²) in [6.07, 6.45) is 11.4. The minimum absolute atomic E-state index is 0.479. The molecule has 0 heterocycles. The zero-order valence-corrected chi connectivity index (χ0v) is 22.4. The van der Waals surface area contributed by atoms with Crippen molar-refractivity contribution in [2.24, 2.45) is 5.16 Å². The van der Waals surface area contributed by atoms with Crippen LogP contribution in [0, 0.1) is 5.41 Å². The topological polar surface area (TPSA) is 82.5 Å². The number of benzene rings is 1. The molecule has 0 aliphatic rings. The van der Waals surface area contributed by atoms with E-state index >= 15 is 0 Å². The first-order chi connectivity index (χ1) is 15.3. The van der Waals surface area contributed by atoms with Gasteiger partial charge >= 0.3 is 0 Å². The van der Waals surface area contributed by atoms with Crippen LogP contribution in [0.2, 0.25) is 0 Å². The Bertz CT molecular complexity index is 680. The number of nitrogens with one attached hydrogen (secondary N) is 1. The summed E-state index contributed by atoms with van der Waals surface area (Å²) < 4.78 is 0. The predicted molar refractivity (Wildman–Crippen MR) is 148 cm³/mol. The Morgan fingerprint density at radius 1 is 1.00 bits per heavy atom. The number of oxime groups is 1. The fourth-order valence-corrected chi connectivity index (χ4v) is 2.38. The summed E-state index contributed by atoms with van der Waals surface area (Å²) in [4.78, 5) is 0. The molecule has 1 rings (SSSR count). The highest BCUT2D eigenvalue weighted by molar-refractivity contribution is 6.19. The number of hydrogen-bond acceptors (Lipinski definition) is 4. The zero-order chi connectivity index (χ0) is 25.5. The second kappa shape index (κ2) is 23.3. The summed E-state index contributed by atoms with van der Waals surface area (Å²) in [6.45, 7) is 22.3. The smallest absolute Gasteiger partial charge is 0.0800 e. The maximum absolute atomic E-state index is 8.93. The molecule has 0 aliphatic carbocycles. The van der Waals surface area contributed by atoms with Crippen LogP contribution in [0.4, 0.5) is 5.69 Å². The van der Waals surface area contributed by atoms with Crippen LogP contribution in [0.1, 0.15) is 118 Å². The molecule has 1 aromatic carbocycles. The molecule has 0 fully saturated rings. The lowest BCUT2D eigenvalue weighted by Crippen LogP contribution is -2.03. The molecule has 0 spiro atoms. The lowest BCUT2D eigenvalue weighted by atomic mass is 9.92. The molecule has 32 heavy (non-hydrogen) atoms. The van der Waals surface area contributed by atoms with Gasteiger partial charge in [0, 0.05) is 17.5 Å². The Balaban J connectivity index is -0.000000710. The Hall–Kier alpha value is -2.36. The summed E-state index contributed by atoms with van der Waals surface area (Å²) in [5.74, 6) is 0. The summed E-state index contributed by atoms with van der Waals surface area (Å²) in [5, 5.41) is 19.8. The third-order valence-electron chi connectivity index (χ3n) is 4.87. The van der Waals surface area contributed by atoms with Crippen molar-refractivity contribution in [2.75, 3.05) is 5.73 Å². The minimum Gasteiger partial charge on any atom is -0.411 e. The fourth-order valence-electron chi connectivity index (χ4n) is 2.38. The largest absolute Gasteiger partial charge is 0.411 e. The van der Waals surface area contributed by atoms with Crippen molar-refractivity contribution in [2.45, 2.75) is 107 Å². The number of rotatable bonds is 9. The Kier molecular flexibility index (Phi) is 25.0. The van der Waals surface area contributed by atoms with Crippen LogP contribution in [0.25, 0.3) is 11.6 Å². The average Bonchev–Trinajstić information content (AvgIpc) is 2.84. The third-order valence-corrected chi connectivity index (χ3v) is 4.87. The monoisotopic (exact) mass is 445 g/mol. The highest BCUT2D eigenvalue weighted by atomic mass is 16.4. The number of unbranched alkanes of at least 4 members (excludes halogenated alkanes) is 3. The maximum atomic E-state index is 8.93. The molecule has 0 aromatic heterocycles. The zero-order valence-electron chi connectivity index (χ0n) is 22.4. The molecule has 4 nitrogen and oxygen atoms in total. The molecule has 0 aliphatic heterocycles. The van der Waals surface area contributed by atoms with Gasteiger partial charge in [0.15, 0.2) is 0 Å². The van der Waals surface area contributed by atoms with E-state index in [0.717, 1.165) is 41.5 Å². The van der Waals surface area contributed by atoms with Crippen molar-refractivity contribution in [3.8, 4) is 0 Å². The minimum atomic E-state index is 0.479. The van der Waals surface area contributed by atoms with Gasteiger partial charge in [0.25, 0.3) is 0 Å². The van der Waals surface area contributed by atoms with E-state index in [1.165, 1.54) is 31.9 Å². The number of allylic oxidation sites excluding steroid dienone is 2. The van der Waals surface area contributed by atoms with E-state index in [0.29, 0.717) is 17.0 Å². The van der Waals surface area contributed by atoms with Gasteiger partial charge in [0.2, 0.25) is 0 Å². The highest BCUT2D eigenvalue weighted by Gasteiger charge is 2.12. The van der Waals surface area contributed by atoms with Gasteiger partial charge in [-0.25, -0.2) is 0 Å². The van der Waals surface area contributed by atoms with E-state index in [1.807, 2.05) is 32.9 Å². The first-order valence-corrected chi connectivity index (χ1v) is 12.3. The van der Waals surface area contributed by atoms with Gasteiger partial charge in [-0.15, -0.1) is 0 Å². The van der Waals surface area contributed by atoms with E-state index in [1.54, 1.807) is 13.0 Å². The molecule has 0 radical (unpaired) electrons. The van der Waals surface area contributed by atoms with Gasteiger partial charge in [-0.05, 0) is 61.1 Å². The molecule has 0 saturated heterocycles. The fraction of sp³-hybridized carbons (Fsp3) is 0.571. The van der Waals surface area contributed by atoms with Crippen LogP contribution in [-0.4, -0.2) is 17.1 Å². The molecule has 1 aromatic rings. The number of hydrogen-bond donors (Lipinski definition) is 3. The highest BCUT2D eigenvalue weighted by Crippen LogP contribution is 2.28. The molecule has 0 atom stereocenters. The first kappa shape index (κ1) is 34.3. The number of nitrogens with zero attached hydrogens (tertiary/aromatic N) is 1. The van der Waals surface area contributed by atoms with Crippen LogP contribution in [0.3, 0.4) is 0 Å². The van der Waals surface area contributed by atoms with E-state index in [4.69, 9.17) is 16.4 Å². The van der Waals surface area contributed by atoms with E-state index < -0.39 is 0 Å². The van der Waals surface area contributed by atoms with Crippen molar-refractivity contribution in [1.29, 1.82) is 5.41 Å². The van der Waals surface area contributed by atoms with Crippen molar-refractivity contribution in [1.82, 2.24) is 0 Å². The van der Waals surface area contributed by atoms with Gasteiger partial charge < -0.3 is 16.4 Å². The van der Waals surface area contributed by atoms with E-state index in [9.17, 15) is 0 Å². The van der Waals surface area contributed by atoms with Gasteiger partial charge in [-0.2, -0.15) is 0 Å². The summed E-state index contributed by atoms with van der Waals surface area (Å²) >= 11 is 0. The quantitative estimate of drug-likeness (QED) is 0.153. The maximum Gasteiger partial charge on any atom is 0.0800 e.